The molecular formula is C13H19N3O2. The molecular weight excluding hydrogens is 230 g/mol. The number of anilines is 1. The third-order valence-corrected chi connectivity index (χ3v) is 3.26. The predicted octanol–water partition coefficient (Wildman–Crippen LogP) is 2.46. The van der Waals surface area contributed by atoms with Gasteiger partial charge in [-0.1, -0.05) is 12.5 Å². The van der Waals surface area contributed by atoms with Crippen LogP contribution in [-0.2, 0) is 0 Å². The van der Waals surface area contributed by atoms with Crippen molar-refractivity contribution in [2.24, 2.45) is 0 Å². The number of aryl methyl sites for hydroxylation is 1. The zero-order valence-corrected chi connectivity index (χ0v) is 10.6. The second-order valence-corrected chi connectivity index (χ2v) is 4.82. The van der Waals surface area contributed by atoms with E-state index in [1.807, 2.05) is 13.0 Å². The van der Waals surface area contributed by atoms with Gasteiger partial charge in [-0.15, -0.1) is 0 Å². The molecule has 1 fully saturated rings. The summed E-state index contributed by atoms with van der Waals surface area (Å²) in [6.45, 7) is 3.77. The van der Waals surface area contributed by atoms with Crippen LogP contribution in [0.25, 0.3) is 0 Å². The Morgan fingerprint density at radius 2 is 2.28 bits per heavy atom. The second kappa shape index (κ2) is 5.82. The number of nitro benzene ring substituents is 1. The van der Waals surface area contributed by atoms with Crippen molar-refractivity contribution >= 4 is 11.4 Å². The van der Waals surface area contributed by atoms with Gasteiger partial charge in [-0.2, -0.15) is 0 Å². The van der Waals surface area contributed by atoms with Crippen molar-refractivity contribution in [3.05, 3.63) is 33.9 Å². The van der Waals surface area contributed by atoms with Crippen molar-refractivity contribution in [1.29, 1.82) is 0 Å². The molecule has 0 amide bonds. The predicted molar refractivity (Wildman–Crippen MR) is 72.0 cm³/mol. The smallest absolute Gasteiger partial charge is 0.292 e. The maximum Gasteiger partial charge on any atom is 0.292 e. The maximum atomic E-state index is 11.0. The fraction of sp³-hybridized carbons (Fsp3) is 0.538. The van der Waals surface area contributed by atoms with Gasteiger partial charge < -0.3 is 10.6 Å². The highest BCUT2D eigenvalue weighted by Gasteiger charge is 2.18. The van der Waals surface area contributed by atoms with E-state index in [0.717, 1.165) is 31.5 Å². The number of nitrogens with zero attached hydrogens (tertiary/aromatic N) is 1. The average Bonchev–Trinajstić information content (AvgIpc) is 2.60. The summed E-state index contributed by atoms with van der Waals surface area (Å²) >= 11 is 0. The van der Waals surface area contributed by atoms with Gasteiger partial charge in [0.25, 0.3) is 5.69 Å². The lowest BCUT2D eigenvalue weighted by molar-refractivity contribution is -0.384. The van der Waals surface area contributed by atoms with Crippen LogP contribution in [0.4, 0.5) is 11.4 Å². The number of hydrogen-bond donors (Lipinski definition) is 2. The Morgan fingerprint density at radius 1 is 1.44 bits per heavy atom. The molecule has 0 aliphatic carbocycles. The SMILES string of the molecule is Cc1ccc(NC2CCCCNC2)c([N+](=O)[O-])c1. The van der Waals surface area contributed by atoms with E-state index in [1.54, 1.807) is 12.1 Å². The van der Waals surface area contributed by atoms with Crippen molar-refractivity contribution in [3.8, 4) is 0 Å². The van der Waals surface area contributed by atoms with Gasteiger partial charge in [-0.3, -0.25) is 10.1 Å². The summed E-state index contributed by atoms with van der Waals surface area (Å²) < 4.78 is 0. The van der Waals surface area contributed by atoms with Crippen LogP contribution in [0.3, 0.4) is 0 Å². The highest BCUT2D eigenvalue weighted by Crippen LogP contribution is 2.26. The quantitative estimate of drug-likeness (QED) is 0.638. The third-order valence-electron chi connectivity index (χ3n) is 3.26. The van der Waals surface area contributed by atoms with Crippen molar-refractivity contribution in [1.82, 2.24) is 5.32 Å². The van der Waals surface area contributed by atoms with E-state index >= 15 is 0 Å². The van der Waals surface area contributed by atoms with Gasteiger partial charge in [0, 0.05) is 18.7 Å². The van der Waals surface area contributed by atoms with Crippen LogP contribution in [-0.4, -0.2) is 24.1 Å². The van der Waals surface area contributed by atoms with Crippen molar-refractivity contribution in [3.63, 3.8) is 0 Å². The van der Waals surface area contributed by atoms with E-state index in [9.17, 15) is 10.1 Å². The lowest BCUT2D eigenvalue weighted by atomic mass is 10.1. The molecule has 1 aromatic rings. The summed E-state index contributed by atoms with van der Waals surface area (Å²) in [7, 11) is 0. The van der Waals surface area contributed by atoms with Crippen LogP contribution in [0.2, 0.25) is 0 Å². The summed E-state index contributed by atoms with van der Waals surface area (Å²) in [4.78, 5) is 10.7. The highest BCUT2D eigenvalue weighted by atomic mass is 16.6. The van der Waals surface area contributed by atoms with E-state index in [2.05, 4.69) is 10.6 Å². The summed E-state index contributed by atoms with van der Waals surface area (Å²) in [5.74, 6) is 0. The molecule has 0 spiro atoms. The summed E-state index contributed by atoms with van der Waals surface area (Å²) in [5, 5.41) is 17.7. The fourth-order valence-corrected chi connectivity index (χ4v) is 2.28. The van der Waals surface area contributed by atoms with Gasteiger partial charge >= 0.3 is 0 Å². The molecule has 0 aromatic heterocycles. The maximum absolute atomic E-state index is 11.0. The molecule has 1 aromatic carbocycles. The van der Waals surface area contributed by atoms with Crippen molar-refractivity contribution in [2.45, 2.75) is 32.2 Å². The van der Waals surface area contributed by atoms with E-state index in [1.165, 1.54) is 6.42 Å². The van der Waals surface area contributed by atoms with E-state index < -0.39 is 0 Å². The van der Waals surface area contributed by atoms with Gasteiger partial charge in [0.2, 0.25) is 0 Å². The summed E-state index contributed by atoms with van der Waals surface area (Å²) in [6.07, 6.45) is 3.39. The van der Waals surface area contributed by atoms with Crippen LogP contribution >= 0.6 is 0 Å². The Hall–Kier alpha value is -1.62. The Bertz CT molecular complexity index is 426. The zero-order chi connectivity index (χ0) is 13.0. The van der Waals surface area contributed by atoms with Gasteiger partial charge in [0.05, 0.1) is 4.92 Å². The first-order valence-electron chi connectivity index (χ1n) is 6.39. The first-order valence-corrected chi connectivity index (χ1v) is 6.39. The minimum absolute atomic E-state index is 0.166. The first-order chi connectivity index (χ1) is 8.66. The molecule has 0 bridgehead atoms. The topological polar surface area (TPSA) is 67.2 Å². The van der Waals surface area contributed by atoms with Crippen LogP contribution in [0, 0.1) is 17.0 Å². The summed E-state index contributed by atoms with van der Waals surface area (Å²) in [5.41, 5.74) is 1.70. The minimum Gasteiger partial charge on any atom is -0.375 e. The minimum atomic E-state index is -0.320. The number of benzene rings is 1. The van der Waals surface area contributed by atoms with E-state index in [0.29, 0.717) is 5.69 Å². The van der Waals surface area contributed by atoms with Crippen LogP contribution in [0.5, 0.6) is 0 Å². The Morgan fingerprint density at radius 3 is 3.06 bits per heavy atom. The number of hydrogen-bond acceptors (Lipinski definition) is 4. The van der Waals surface area contributed by atoms with Crippen LogP contribution in [0.15, 0.2) is 18.2 Å². The van der Waals surface area contributed by atoms with E-state index in [-0.39, 0.29) is 16.7 Å². The van der Waals surface area contributed by atoms with Crippen LogP contribution in [0.1, 0.15) is 24.8 Å². The molecule has 1 saturated heterocycles. The van der Waals surface area contributed by atoms with Crippen molar-refractivity contribution in [2.75, 3.05) is 18.4 Å². The molecule has 2 N–H and O–H groups in total. The number of nitro groups is 1. The highest BCUT2D eigenvalue weighted by molar-refractivity contribution is 5.63. The summed E-state index contributed by atoms with van der Waals surface area (Å²) in [6, 6.07) is 5.60. The molecule has 98 valence electrons. The standard InChI is InChI=1S/C13H19N3O2/c1-10-5-6-12(13(8-10)16(17)18)15-11-4-2-3-7-14-9-11/h5-6,8,11,14-15H,2-4,7,9H2,1H3. The second-order valence-electron chi connectivity index (χ2n) is 4.82. The lowest BCUT2D eigenvalue weighted by Crippen LogP contribution is -2.31. The number of nitrogens with one attached hydrogen (secondary N) is 2. The molecule has 1 aliphatic heterocycles. The molecule has 0 radical (unpaired) electrons. The van der Waals surface area contributed by atoms with Crippen molar-refractivity contribution < 1.29 is 4.92 Å². The molecule has 1 atom stereocenters. The molecule has 1 unspecified atom stereocenters. The molecule has 1 heterocycles. The molecule has 5 nitrogen and oxygen atoms in total. The van der Waals surface area contributed by atoms with Gasteiger partial charge in [0.1, 0.15) is 5.69 Å². The molecule has 5 heteroatoms. The number of rotatable bonds is 3. The monoisotopic (exact) mass is 249 g/mol. The molecule has 18 heavy (non-hydrogen) atoms. The third kappa shape index (κ3) is 3.20. The molecule has 0 saturated carbocycles. The zero-order valence-electron chi connectivity index (χ0n) is 10.6. The Labute approximate surface area is 107 Å². The Balaban J connectivity index is 2.14. The van der Waals surface area contributed by atoms with Gasteiger partial charge in [0.15, 0.2) is 0 Å². The van der Waals surface area contributed by atoms with Gasteiger partial charge in [-0.05, 0) is 37.9 Å². The molecule has 1 aliphatic rings. The Kier molecular flexibility index (Phi) is 4.15. The molecule has 2 rings (SSSR count). The average molecular weight is 249 g/mol. The normalized spacial score (nSPS) is 20.2. The lowest BCUT2D eigenvalue weighted by Gasteiger charge is -2.17. The van der Waals surface area contributed by atoms with E-state index in [4.69, 9.17) is 0 Å². The van der Waals surface area contributed by atoms with Crippen LogP contribution < -0.4 is 10.6 Å². The first kappa shape index (κ1) is 12.8. The largest absolute Gasteiger partial charge is 0.375 e. The fourth-order valence-electron chi connectivity index (χ4n) is 2.28. The van der Waals surface area contributed by atoms with Gasteiger partial charge in [-0.25, -0.2) is 0 Å².